The maximum Gasteiger partial charge on any atom is 0.191 e. The van der Waals surface area contributed by atoms with Crippen LogP contribution in [0.3, 0.4) is 0 Å². The van der Waals surface area contributed by atoms with Crippen molar-refractivity contribution in [1.82, 2.24) is 15.5 Å². The highest BCUT2D eigenvalue weighted by Gasteiger charge is 2.19. The van der Waals surface area contributed by atoms with Crippen molar-refractivity contribution in [2.45, 2.75) is 39.2 Å². The lowest BCUT2D eigenvalue weighted by Crippen LogP contribution is -2.48. The van der Waals surface area contributed by atoms with Gasteiger partial charge in [-0.2, -0.15) is 11.8 Å². The van der Waals surface area contributed by atoms with E-state index in [-0.39, 0.29) is 24.0 Å². The van der Waals surface area contributed by atoms with Crippen LogP contribution in [0.1, 0.15) is 33.1 Å². The van der Waals surface area contributed by atoms with E-state index in [4.69, 9.17) is 0 Å². The second-order valence-corrected chi connectivity index (χ2v) is 6.74. The Kier molecular flexibility index (Phi) is 13.5. The molecule has 0 spiro atoms. The van der Waals surface area contributed by atoms with Crippen LogP contribution in [-0.4, -0.2) is 61.6 Å². The lowest BCUT2D eigenvalue weighted by atomic mass is 10.0. The van der Waals surface area contributed by atoms with E-state index in [0.717, 1.165) is 45.1 Å². The molecule has 0 atom stereocenters. The summed E-state index contributed by atoms with van der Waals surface area (Å²) >= 11 is 1.88. The molecule has 2 N–H and O–H groups in total. The summed E-state index contributed by atoms with van der Waals surface area (Å²) in [6, 6.07) is 0.546. The molecule has 4 nitrogen and oxygen atoms in total. The van der Waals surface area contributed by atoms with Gasteiger partial charge in [0.05, 0.1) is 0 Å². The normalized spacial score (nSPS) is 17.0. The Balaban J connectivity index is 0.00000441. The van der Waals surface area contributed by atoms with Gasteiger partial charge in [0, 0.05) is 38.8 Å². The number of hydrogen-bond acceptors (Lipinski definition) is 3. The molecule has 22 heavy (non-hydrogen) atoms. The zero-order chi connectivity index (χ0) is 15.5. The molecular weight excluding hydrogens is 407 g/mol. The fourth-order valence-electron chi connectivity index (χ4n) is 2.53. The minimum absolute atomic E-state index is 0. The number of hydrogen-bond donors (Lipinski definition) is 2. The van der Waals surface area contributed by atoms with Gasteiger partial charge in [-0.1, -0.05) is 12.2 Å². The highest BCUT2D eigenvalue weighted by atomic mass is 127. The van der Waals surface area contributed by atoms with Crippen molar-refractivity contribution >= 4 is 41.7 Å². The van der Waals surface area contributed by atoms with E-state index in [2.05, 4.69) is 47.2 Å². The lowest BCUT2D eigenvalue weighted by Gasteiger charge is -2.33. The molecule has 0 aromatic rings. The standard InChI is InChI=1S/C16H32N4S.HI/c1-5-17-16(18-9-6-12-21-4)19-15-7-10-20(11-8-15)13-14(2)3;/h15H,2,5-13H2,1,3-4H3,(H2,17,18,19);1H. The predicted octanol–water partition coefficient (Wildman–Crippen LogP) is 2.95. The second-order valence-electron chi connectivity index (χ2n) is 5.76. The molecule has 1 aliphatic heterocycles. The number of rotatable bonds is 8. The highest BCUT2D eigenvalue weighted by Crippen LogP contribution is 2.11. The average molecular weight is 440 g/mol. The summed E-state index contributed by atoms with van der Waals surface area (Å²) in [6.07, 6.45) is 5.66. The summed E-state index contributed by atoms with van der Waals surface area (Å²) in [5, 5.41) is 6.95. The first-order valence-electron chi connectivity index (χ1n) is 8.06. The quantitative estimate of drug-likeness (QED) is 0.200. The molecule has 0 aliphatic carbocycles. The molecule has 0 radical (unpaired) electrons. The first-order chi connectivity index (χ1) is 10.2. The Morgan fingerprint density at radius 3 is 2.59 bits per heavy atom. The van der Waals surface area contributed by atoms with Gasteiger partial charge in [-0.05, 0) is 45.1 Å². The fourth-order valence-corrected chi connectivity index (χ4v) is 2.95. The van der Waals surface area contributed by atoms with Crippen molar-refractivity contribution in [2.24, 2.45) is 4.99 Å². The van der Waals surface area contributed by atoms with E-state index in [9.17, 15) is 0 Å². The molecule has 1 heterocycles. The Morgan fingerprint density at radius 1 is 1.36 bits per heavy atom. The van der Waals surface area contributed by atoms with Gasteiger partial charge >= 0.3 is 0 Å². The summed E-state index contributed by atoms with van der Waals surface area (Å²) < 4.78 is 0. The van der Waals surface area contributed by atoms with Gasteiger partial charge < -0.3 is 10.6 Å². The summed E-state index contributed by atoms with van der Waals surface area (Å²) in [7, 11) is 0. The molecule has 130 valence electrons. The molecule has 0 saturated carbocycles. The fraction of sp³-hybridized carbons (Fsp3) is 0.812. The number of halogens is 1. The van der Waals surface area contributed by atoms with Crippen molar-refractivity contribution in [3.63, 3.8) is 0 Å². The maximum atomic E-state index is 4.67. The maximum absolute atomic E-state index is 4.67. The number of guanidine groups is 1. The van der Waals surface area contributed by atoms with Crippen LogP contribution in [0.4, 0.5) is 0 Å². The smallest absolute Gasteiger partial charge is 0.191 e. The molecular formula is C16H33IN4S. The van der Waals surface area contributed by atoms with E-state index in [1.54, 1.807) is 0 Å². The number of piperidine rings is 1. The summed E-state index contributed by atoms with van der Waals surface area (Å²) in [5.41, 5.74) is 1.25. The van der Waals surface area contributed by atoms with E-state index >= 15 is 0 Å². The van der Waals surface area contributed by atoms with Crippen LogP contribution in [0.15, 0.2) is 17.1 Å². The van der Waals surface area contributed by atoms with Gasteiger partial charge in [0.2, 0.25) is 0 Å². The van der Waals surface area contributed by atoms with Crippen molar-refractivity contribution in [3.8, 4) is 0 Å². The largest absolute Gasteiger partial charge is 0.357 e. The molecule has 0 amide bonds. The van der Waals surface area contributed by atoms with Gasteiger partial charge in [-0.15, -0.1) is 24.0 Å². The van der Waals surface area contributed by atoms with Crippen molar-refractivity contribution in [1.29, 1.82) is 0 Å². The third kappa shape index (κ3) is 9.94. The Hall–Kier alpha value is 0.0500. The van der Waals surface area contributed by atoms with E-state index in [1.165, 1.54) is 24.2 Å². The molecule has 6 heteroatoms. The van der Waals surface area contributed by atoms with E-state index in [0.29, 0.717) is 6.04 Å². The SMILES string of the molecule is C=C(C)CN1CCC(NC(=NCCCSC)NCC)CC1.I. The minimum Gasteiger partial charge on any atom is -0.357 e. The number of aliphatic imine (C=N–C) groups is 1. The molecule has 1 aliphatic rings. The van der Waals surface area contributed by atoms with Crippen LogP contribution in [-0.2, 0) is 0 Å². The number of nitrogens with one attached hydrogen (secondary N) is 2. The zero-order valence-electron chi connectivity index (χ0n) is 14.4. The summed E-state index contributed by atoms with van der Waals surface area (Å²) in [5.74, 6) is 2.17. The zero-order valence-corrected chi connectivity index (χ0v) is 17.5. The number of likely N-dealkylation sites (tertiary alicyclic amines) is 1. The molecule has 0 bridgehead atoms. The van der Waals surface area contributed by atoms with Crippen LogP contribution in [0.25, 0.3) is 0 Å². The molecule has 0 unspecified atom stereocenters. The first kappa shape index (κ1) is 22.1. The lowest BCUT2D eigenvalue weighted by molar-refractivity contribution is 0.221. The van der Waals surface area contributed by atoms with Crippen LogP contribution in [0, 0.1) is 0 Å². The van der Waals surface area contributed by atoms with E-state index in [1.807, 2.05) is 11.8 Å². The highest BCUT2D eigenvalue weighted by molar-refractivity contribution is 14.0. The Morgan fingerprint density at radius 2 is 2.05 bits per heavy atom. The van der Waals surface area contributed by atoms with Gasteiger partial charge in [0.25, 0.3) is 0 Å². The van der Waals surface area contributed by atoms with Crippen LogP contribution < -0.4 is 10.6 Å². The van der Waals surface area contributed by atoms with Gasteiger partial charge in [0.15, 0.2) is 5.96 Å². The molecule has 1 fully saturated rings. The summed E-state index contributed by atoms with van der Waals surface area (Å²) in [4.78, 5) is 7.15. The monoisotopic (exact) mass is 440 g/mol. The molecule has 1 rings (SSSR count). The van der Waals surface area contributed by atoms with Crippen molar-refractivity contribution < 1.29 is 0 Å². The number of thioether (sulfide) groups is 1. The van der Waals surface area contributed by atoms with Gasteiger partial charge in [-0.25, -0.2) is 0 Å². The number of nitrogens with zero attached hydrogens (tertiary/aromatic N) is 2. The second kappa shape index (κ2) is 13.5. The molecule has 1 saturated heterocycles. The third-order valence-electron chi connectivity index (χ3n) is 3.54. The van der Waals surface area contributed by atoms with E-state index < -0.39 is 0 Å². The van der Waals surface area contributed by atoms with Crippen molar-refractivity contribution in [3.05, 3.63) is 12.2 Å². The topological polar surface area (TPSA) is 39.7 Å². The third-order valence-corrected chi connectivity index (χ3v) is 4.24. The summed E-state index contributed by atoms with van der Waals surface area (Å²) in [6.45, 7) is 13.4. The average Bonchev–Trinajstić information content (AvgIpc) is 2.45. The van der Waals surface area contributed by atoms with Crippen LogP contribution in [0.2, 0.25) is 0 Å². The van der Waals surface area contributed by atoms with Crippen LogP contribution >= 0.6 is 35.7 Å². The van der Waals surface area contributed by atoms with Gasteiger partial charge in [-0.3, -0.25) is 9.89 Å². The van der Waals surface area contributed by atoms with Crippen molar-refractivity contribution in [2.75, 3.05) is 44.7 Å². The predicted molar refractivity (Wildman–Crippen MR) is 112 cm³/mol. The first-order valence-corrected chi connectivity index (χ1v) is 9.45. The molecule has 0 aromatic heterocycles. The van der Waals surface area contributed by atoms with Crippen LogP contribution in [0.5, 0.6) is 0 Å². The Labute approximate surface area is 158 Å². The Bertz CT molecular complexity index is 328. The van der Waals surface area contributed by atoms with Gasteiger partial charge in [0.1, 0.15) is 0 Å². The molecule has 0 aromatic carbocycles. The minimum atomic E-state index is 0.